The average Bonchev–Trinajstić information content (AvgIpc) is 3.11. The number of aryl methyl sites for hydroxylation is 1. The highest BCUT2D eigenvalue weighted by Crippen LogP contribution is 2.16. The Morgan fingerprint density at radius 2 is 1.96 bits per heavy atom. The van der Waals surface area contributed by atoms with Crippen molar-refractivity contribution in [1.82, 2.24) is 30.3 Å². The summed E-state index contributed by atoms with van der Waals surface area (Å²) in [6.07, 6.45) is 3.75. The SMILES string of the molecule is CCCNC(=NCC(C)(C)N1CCOCC1)NCCn1cnnc1CC. The molecule has 0 atom stereocenters. The Balaban J connectivity index is 1.89. The first-order chi connectivity index (χ1) is 12.6. The summed E-state index contributed by atoms with van der Waals surface area (Å²) in [7, 11) is 0. The molecule has 148 valence electrons. The van der Waals surface area contributed by atoms with E-state index in [0.29, 0.717) is 0 Å². The summed E-state index contributed by atoms with van der Waals surface area (Å²) in [4.78, 5) is 7.30. The van der Waals surface area contributed by atoms with Crippen LogP contribution in [0.4, 0.5) is 0 Å². The highest BCUT2D eigenvalue weighted by Gasteiger charge is 2.28. The topological polar surface area (TPSA) is 79.6 Å². The number of rotatable bonds is 9. The normalized spacial score (nSPS) is 16.7. The van der Waals surface area contributed by atoms with Crippen LogP contribution in [0.1, 0.15) is 39.9 Å². The van der Waals surface area contributed by atoms with Crippen LogP contribution in [0, 0.1) is 0 Å². The first kappa shape index (κ1) is 20.6. The van der Waals surface area contributed by atoms with Crippen molar-refractivity contribution in [2.24, 2.45) is 4.99 Å². The van der Waals surface area contributed by atoms with E-state index in [-0.39, 0.29) is 5.54 Å². The van der Waals surface area contributed by atoms with Gasteiger partial charge in [-0.3, -0.25) is 9.89 Å². The summed E-state index contributed by atoms with van der Waals surface area (Å²) in [6.45, 7) is 15.6. The second-order valence-electron chi connectivity index (χ2n) is 7.22. The van der Waals surface area contributed by atoms with Gasteiger partial charge in [-0.05, 0) is 20.3 Å². The minimum absolute atomic E-state index is 0.0221. The van der Waals surface area contributed by atoms with Crippen molar-refractivity contribution in [1.29, 1.82) is 0 Å². The highest BCUT2D eigenvalue weighted by molar-refractivity contribution is 5.79. The number of nitrogens with one attached hydrogen (secondary N) is 2. The number of hydrogen-bond donors (Lipinski definition) is 2. The Hall–Kier alpha value is -1.67. The molecule has 8 nitrogen and oxygen atoms in total. The Labute approximate surface area is 157 Å². The maximum absolute atomic E-state index is 5.47. The van der Waals surface area contributed by atoms with Gasteiger partial charge in [0, 0.05) is 44.7 Å². The largest absolute Gasteiger partial charge is 0.379 e. The molecule has 2 N–H and O–H groups in total. The molecule has 1 saturated heterocycles. The Morgan fingerprint density at radius 3 is 2.65 bits per heavy atom. The summed E-state index contributed by atoms with van der Waals surface area (Å²) >= 11 is 0. The van der Waals surface area contributed by atoms with Gasteiger partial charge in [-0.1, -0.05) is 13.8 Å². The Morgan fingerprint density at radius 1 is 1.23 bits per heavy atom. The van der Waals surface area contributed by atoms with Crippen molar-refractivity contribution in [3.8, 4) is 0 Å². The lowest BCUT2D eigenvalue weighted by atomic mass is 10.0. The fourth-order valence-corrected chi connectivity index (χ4v) is 2.99. The molecule has 26 heavy (non-hydrogen) atoms. The standard InChI is InChI=1S/C18H35N7O/c1-5-7-19-17(20-8-9-24-15-22-23-16(24)6-2)21-14-18(3,4)25-10-12-26-13-11-25/h15H,5-14H2,1-4H3,(H2,19,20,21). The van der Waals surface area contributed by atoms with Crippen molar-refractivity contribution in [2.45, 2.75) is 52.6 Å². The number of nitrogens with zero attached hydrogens (tertiary/aromatic N) is 5. The van der Waals surface area contributed by atoms with Gasteiger partial charge < -0.3 is 19.9 Å². The van der Waals surface area contributed by atoms with Crippen LogP contribution >= 0.6 is 0 Å². The lowest BCUT2D eigenvalue weighted by Crippen LogP contribution is -2.52. The van der Waals surface area contributed by atoms with Gasteiger partial charge in [0.1, 0.15) is 12.2 Å². The molecule has 0 aliphatic carbocycles. The van der Waals surface area contributed by atoms with Gasteiger partial charge >= 0.3 is 0 Å². The molecule has 0 aromatic carbocycles. The van der Waals surface area contributed by atoms with Gasteiger partial charge in [0.25, 0.3) is 0 Å². The predicted molar refractivity (Wildman–Crippen MR) is 104 cm³/mol. The molecule has 0 saturated carbocycles. The minimum atomic E-state index is 0.0221. The van der Waals surface area contributed by atoms with Crippen LogP contribution in [-0.2, 0) is 17.7 Å². The van der Waals surface area contributed by atoms with Gasteiger partial charge in [0.2, 0.25) is 0 Å². The second kappa shape index (κ2) is 10.5. The molecule has 8 heteroatoms. The monoisotopic (exact) mass is 365 g/mol. The Kier molecular flexibility index (Phi) is 8.31. The average molecular weight is 366 g/mol. The van der Waals surface area contributed by atoms with Crippen molar-refractivity contribution in [2.75, 3.05) is 45.9 Å². The lowest BCUT2D eigenvalue weighted by molar-refractivity contribution is -0.00683. The van der Waals surface area contributed by atoms with Crippen molar-refractivity contribution in [3.63, 3.8) is 0 Å². The van der Waals surface area contributed by atoms with Crippen LogP contribution in [-0.4, -0.2) is 77.1 Å². The summed E-state index contributed by atoms with van der Waals surface area (Å²) in [5, 5.41) is 15.0. The zero-order valence-electron chi connectivity index (χ0n) is 16.8. The van der Waals surface area contributed by atoms with Gasteiger partial charge in [-0.25, -0.2) is 0 Å². The van der Waals surface area contributed by atoms with Gasteiger partial charge in [0.05, 0.1) is 19.8 Å². The molecule has 1 aromatic rings. The van der Waals surface area contributed by atoms with E-state index >= 15 is 0 Å². The molecule has 0 amide bonds. The quantitative estimate of drug-likeness (QED) is 0.500. The van der Waals surface area contributed by atoms with E-state index in [1.165, 1.54) is 0 Å². The molecule has 0 radical (unpaired) electrons. The number of morpholine rings is 1. The minimum Gasteiger partial charge on any atom is -0.379 e. The zero-order valence-corrected chi connectivity index (χ0v) is 16.8. The van der Waals surface area contributed by atoms with Gasteiger partial charge in [-0.2, -0.15) is 0 Å². The third-order valence-electron chi connectivity index (χ3n) is 4.69. The van der Waals surface area contributed by atoms with E-state index in [1.807, 2.05) is 0 Å². The number of aliphatic imine (C=N–C) groups is 1. The number of hydrogen-bond acceptors (Lipinski definition) is 5. The molecule has 0 spiro atoms. The first-order valence-corrected chi connectivity index (χ1v) is 9.78. The first-order valence-electron chi connectivity index (χ1n) is 9.78. The summed E-state index contributed by atoms with van der Waals surface area (Å²) in [5.74, 6) is 1.89. The lowest BCUT2D eigenvalue weighted by Gasteiger charge is -2.39. The molecule has 0 unspecified atom stereocenters. The van der Waals surface area contributed by atoms with E-state index in [0.717, 1.165) is 77.1 Å². The van der Waals surface area contributed by atoms with Crippen LogP contribution in [0.15, 0.2) is 11.3 Å². The van der Waals surface area contributed by atoms with Crippen LogP contribution in [0.3, 0.4) is 0 Å². The third kappa shape index (κ3) is 6.25. The summed E-state index contributed by atoms with van der Waals surface area (Å²) < 4.78 is 7.55. The number of guanidine groups is 1. The van der Waals surface area contributed by atoms with Crippen molar-refractivity contribution < 1.29 is 4.74 Å². The second-order valence-corrected chi connectivity index (χ2v) is 7.22. The number of ether oxygens (including phenoxy) is 1. The van der Waals surface area contributed by atoms with E-state index < -0.39 is 0 Å². The van der Waals surface area contributed by atoms with Crippen LogP contribution in [0.2, 0.25) is 0 Å². The molecule has 1 aliphatic rings. The van der Waals surface area contributed by atoms with Crippen molar-refractivity contribution in [3.05, 3.63) is 12.2 Å². The maximum Gasteiger partial charge on any atom is 0.191 e. The summed E-state index contributed by atoms with van der Waals surface area (Å²) in [6, 6.07) is 0. The molecule has 0 bridgehead atoms. The molecule has 1 aromatic heterocycles. The van der Waals surface area contributed by atoms with E-state index in [1.54, 1.807) is 6.33 Å². The highest BCUT2D eigenvalue weighted by atomic mass is 16.5. The smallest absolute Gasteiger partial charge is 0.191 e. The fraction of sp³-hybridized carbons (Fsp3) is 0.833. The van der Waals surface area contributed by atoms with Gasteiger partial charge in [0.15, 0.2) is 5.96 Å². The van der Waals surface area contributed by atoms with Gasteiger partial charge in [-0.15, -0.1) is 10.2 Å². The molecular formula is C18H35N7O. The van der Waals surface area contributed by atoms with Crippen LogP contribution < -0.4 is 10.6 Å². The Bertz CT molecular complexity index is 549. The molecule has 1 aliphatic heterocycles. The third-order valence-corrected chi connectivity index (χ3v) is 4.69. The maximum atomic E-state index is 5.47. The number of aromatic nitrogens is 3. The van der Waals surface area contributed by atoms with Crippen LogP contribution in [0.25, 0.3) is 0 Å². The van der Waals surface area contributed by atoms with Crippen LogP contribution in [0.5, 0.6) is 0 Å². The predicted octanol–water partition coefficient (Wildman–Crippen LogP) is 0.897. The molecular weight excluding hydrogens is 330 g/mol. The van der Waals surface area contributed by atoms with E-state index in [2.05, 4.69) is 58.0 Å². The molecule has 2 rings (SSSR count). The summed E-state index contributed by atoms with van der Waals surface area (Å²) in [5.41, 5.74) is 0.0221. The molecule has 1 fully saturated rings. The fourth-order valence-electron chi connectivity index (χ4n) is 2.99. The molecule has 2 heterocycles. The van der Waals surface area contributed by atoms with E-state index in [9.17, 15) is 0 Å². The zero-order chi connectivity index (χ0) is 18.8. The van der Waals surface area contributed by atoms with E-state index in [4.69, 9.17) is 9.73 Å². The van der Waals surface area contributed by atoms with Crippen molar-refractivity contribution >= 4 is 5.96 Å².